The Morgan fingerprint density at radius 3 is 1.31 bits per heavy atom. The fourth-order valence-corrected chi connectivity index (χ4v) is 7.84. The molecule has 0 rings (SSSR count). The summed E-state index contributed by atoms with van der Waals surface area (Å²) in [5.74, 6) is -0.491. The molecule has 0 bridgehead atoms. The van der Waals surface area contributed by atoms with Gasteiger partial charge in [0.15, 0.2) is 0 Å². The van der Waals surface area contributed by atoms with Crippen molar-refractivity contribution in [2.24, 2.45) is 0 Å². The molecular weight excluding hydrogens is 719 g/mol. The SMILES string of the molecule is CCC/C=C\CCCCCCCC(=O)OC(CCCCC/C=C/CCCCCCCCC)CC(=O)NC(CO)C(O)CCCCCCCCCCCCCCCCC. The Morgan fingerprint density at radius 2 is 0.862 bits per heavy atom. The van der Waals surface area contributed by atoms with Crippen molar-refractivity contribution in [1.29, 1.82) is 0 Å². The van der Waals surface area contributed by atoms with Crippen molar-refractivity contribution in [1.82, 2.24) is 5.32 Å². The van der Waals surface area contributed by atoms with Crippen molar-refractivity contribution < 1.29 is 24.5 Å². The summed E-state index contributed by atoms with van der Waals surface area (Å²) in [4.78, 5) is 26.0. The molecule has 1 amide bonds. The van der Waals surface area contributed by atoms with Gasteiger partial charge in [-0.25, -0.2) is 0 Å². The second kappa shape index (κ2) is 46.4. The number of hydrogen-bond acceptors (Lipinski definition) is 5. The first-order valence-electron chi connectivity index (χ1n) is 25.6. The van der Waals surface area contributed by atoms with E-state index in [9.17, 15) is 19.8 Å². The molecule has 342 valence electrons. The number of aliphatic hydroxyl groups is 2. The van der Waals surface area contributed by atoms with Crippen LogP contribution in [0.5, 0.6) is 0 Å². The summed E-state index contributed by atoms with van der Waals surface area (Å²) in [6.07, 6.45) is 52.4. The van der Waals surface area contributed by atoms with Crippen LogP contribution in [0.15, 0.2) is 24.3 Å². The third kappa shape index (κ3) is 41.1. The van der Waals surface area contributed by atoms with Gasteiger partial charge >= 0.3 is 5.97 Å². The Morgan fingerprint density at radius 1 is 0.483 bits per heavy atom. The molecule has 0 radical (unpaired) electrons. The lowest BCUT2D eigenvalue weighted by Gasteiger charge is -2.24. The number of amides is 1. The number of ether oxygens (including phenoxy) is 1. The normalized spacial score (nSPS) is 13.4. The van der Waals surface area contributed by atoms with Crippen LogP contribution in [0.4, 0.5) is 0 Å². The van der Waals surface area contributed by atoms with Crippen LogP contribution >= 0.6 is 0 Å². The zero-order valence-corrected chi connectivity index (χ0v) is 38.9. The number of rotatable bonds is 46. The van der Waals surface area contributed by atoms with Crippen LogP contribution in [0.3, 0.4) is 0 Å². The second-order valence-electron chi connectivity index (χ2n) is 17.6. The van der Waals surface area contributed by atoms with Gasteiger partial charge in [0.25, 0.3) is 0 Å². The fourth-order valence-electron chi connectivity index (χ4n) is 7.84. The topological polar surface area (TPSA) is 95.9 Å². The molecule has 0 heterocycles. The van der Waals surface area contributed by atoms with Crippen molar-refractivity contribution >= 4 is 11.9 Å². The summed E-state index contributed by atoms with van der Waals surface area (Å²) in [7, 11) is 0. The van der Waals surface area contributed by atoms with Gasteiger partial charge in [-0.05, 0) is 70.6 Å². The van der Waals surface area contributed by atoms with Crippen LogP contribution in [-0.4, -0.2) is 46.9 Å². The van der Waals surface area contributed by atoms with E-state index in [1.165, 1.54) is 154 Å². The molecule has 3 N–H and O–H groups in total. The van der Waals surface area contributed by atoms with E-state index in [2.05, 4.69) is 50.4 Å². The van der Waals surface area contributed by atoms with Gasteiger partial charge in [-0.15, -0.1) is 0 Å². The quantitative estimate of drug-likeness (QED) is 0.0323. The number of hydrogen-bond donors (Lipinski definition) is 3. The molecular formula is C52H99NO5. The average Bonchev–Trinajstić information content (AvgIpc) is 3.22. The Balaban J connectivity index is 4.53. The molecule has 0 aromatic heterocycles. The summed E-state index contributed by atoms with van der Waals surface area (Å²) in [5, 5.41) is 23.8. The Hall–Kier alpha value is -1.66. The fraction of sp³-hybridized carbons (Fsp3) is 0.885. The number of esters is 1. The minimum absolute atomic E-state index is 0.0673. The van der Waals surface area contributed by atoms with Crippen molar-refractivity contribution in [2.45, 2.75) is 289 Å². The maximum absolute atomic E-state index is 13.2. The Bertz CT molecular complexity index is 919. The predicted octanol–water partition coefficient (Wildman–Crippen LogP) is 15.1. The molecule has 0 aliphatic rings. The molecule has 0 spiro atoms. The van der Waals surface area contributed by atoms with E-state index in [1.54, 1.807) is 0 Å². The highest BCUT2D eigenvalue weighted by Gasteiger charge is 2.24. The van der Waals surface area contributed by atoms with Gasteiger partial charge < -0.3 is 20.3 Å². The summed E-state index contributed by atoms with van der Waals surface area (Å²) >= 11 is 0. The van der Waals surface area contributed by atoms with Crippen molar-refractivity contribution in [3.8, 4) is 0 Å². The number of carbonyl (C=O) groups is 2. The number of unbranched alkanes of at least 4 members (excludes halogenated alkanes) is 30. The van der Waals surface area contributed by atoms with Crippen LogP contribution in [0.2, 0.25) is 0 Å². The van der Waals surface area contributed by atoms with E-state index >= 15 is 0 Å². The van der Waals surface area contributed by atoms with E-state index < -0.39 is 18.2 Å². The van der Waals surface area contributed by atoms with Gasteiger partial charge in [-0.1, -0.05) is 212 Å². The number of aliphatic hydroxyl groups excluding tert-OH is 2. The molecule has 0 fully saturated rings. The minimum atomic E-state index is -0.789. The van der Waals surface area contributed by atoms with Crippen molar-refractivity contribution in [3.05, 3.63) is 24.3 Å². The maximum atomic E-state index is 13.2. The maximum Gasteiger partial charge on any atom is 0.306 e. The Kier molecular flexibility index (Phi) is 45.1. The van der Waals surface area contributed by atoms with E-state index in [1.807, 2.05) is 0 Å². The average molecular weight is 818 g/mol. The highest BCUT2D eigenvalue weighted by atomic mass is 16.5. The zero-order valence-electron chi connectivity index (χ0n) is 38.9. The zero-order chi connectivity index (χ0) is 42.4. The predicted molar refractivity (Wildman–Crippen MR) is 250 cm³/mol. The van der Waals surface area contributed by atoms with Crippen LogP contribution in [0.1, 0.15) is 271 Å². The highest BCUT2D eigenvalue weighted by molar-refractivity contribution is 5.77. The van der Waals surface area contributed by atoms with Gasteiger partial charge in [0.2, 0.25) is 5.91 Å². The summed E-state index contributed by atoms with van der Waals surface area (Å²) < 4.78 is 5.91. The van der Waals surface area contributed by atoms with E-state index in [0.29, 0.717) is 19.3 Å². The third-order valence-corrected chi connectivity index (χ3v) is 11.7. The molecule has 0 aromatic carbocycles. The van der Waals surface area contributed by atoms with Crippen molar-refractivity contribution in [2.75, 3.05) is 6.61 Å². The summed E-state index contributed by atoms with van der Waals surface area (Å²) in [6, 6.07) is -0.703. The molecule has 0 aromatic rings. The molecule has 0 aliphatic heterocycles. The van der Waals surface area contributed by atoms with Crippen molar-refractivity contribution in [3.63, 3.8) is 0 Å². The van der Waals surface area contributed by atoms with Gasteiger partial charge in [0.05, 0.1) is 25.2 Å². The first kappa shape index (κ1) is 56.3. The van der Waals surface area contributed by atoms with Gasteiger partial charge in [0, 0.05) is 6.42 Å². The van der Waals surface area contributed by atoms with Gasteiger partial charge in [-0.3, -0.25) is 9.59 Å². The molecule has 3 atom stereocenters. The lowest BCUT2D eigenvalue weighted by Crippen LogP contribution is -2.46. The van der Waals surface area contributed by atoms with E-state index in [0.717, 1.165) is 70.6 Å². The molecule has 6 nitrogen and oxygen atoms in total. The number of nitrogens with one attached hydrogen (secondary N) is 1. The highest BCUT2D eigenvalue weighted by Crippen LogP contribution is 2.18. The number of carbonyl (C=O) groups excluding carboxylic acids is 2. The van der Waals surface area contributed by atoms with Gasteiger partial charge in [0.1, 0.15) is 6.10 Å². The lowest BCUT2D eigenvalue weighted by atomic mass is 10.0. The smallest absolute Gasteiger partial charge is 0.306 e. The molecule has 0 saturated carbocycles. The van der Waals surface area contributed by atoms with E-state index in [4.69, 9.17) is 4.74 Å². The number of allylic oxidation sites excluding steroid dienone is 4. The summed E-state index contributed by atoms with van der Waals surface area (Å²) in [6.45, 7) is 6.43. The lowest BCUT2D eigenvalue weighted by molar-refractivity contribution is -0.151. The molecule has 0 saturated heterocycles. The minimum Gasteiger partial charge on any atom is -0.462 e. The first-order chi connectivity index (χ1) is 28.5. The van der Waals surface area contributed by atoms with Crippen LogP contribution in [0.25, 0.3) is 0 Å². The van der Waals surface area contributed by atoms with Crippen LogP contribution < -0.4 is 5.32 Å². The molecule has 6 heteroatoms. The van der Waals surface area contributed by atoms with Crippen LogP contribution in [0, 0.1) is 0 Å². The molecule has 58 heavy (non-hydrogen) atoms. The van der Waals surface area contributed by atoms with E-state index in [-0.39, 0.29) is 24.9 Å². The second-order valence-corrected chi connectivity index (χ2v) is 17.6. The van der Waals surface area contributed by atoms with Crippen LogP contribution in [-0.2, 0) is 14.3 Å². The standard InChI is InChI=1S/C52H99NO5/c1-4-7-10-13-16-19-22-24-26-28-30-32-35-38-41-44-50(55)49(47-54)53-51(56)46-48(58-52(57)45-42-39-36-33-21-18-15-12-9-6-3)43-40-37-34-31-29-27-25-23-20-17-14-11-8-5-2/h12,15,27,29,48-50,54-55H,4-11,13-14,16-26,28,30-47H2,1-3H3,(H,53,56)/b15-12-,29-27+. The first-order valence-corrected chi connectivity index (χ1v) is 25.6. The molecule has 3 unspecified atom stereocenters. The largest absolute Gasteiger partial charge is 0.462 e. The monoisotopic (exact) mass is 818 g/mol. The summed E-state index contributed by atoms with van der Waals surface area (Å²) in [5.41, 5.74) is 0. The Labute approximate surface area is 361 Å². The third-order valence-electron chi connectivity index (χ3n) is 11.7. The molecule has 0 aliphatic carbocycles. The van der Waals surface area contributed by atoms with Gasteiger partial charge in [-0.2, -0.15) is 0 Å².